The van der Waals surface area contributed by atoms with Crippen molar-refractivity contribution in [3.8, 4) is 0 Å². The molecule has 0 aromatic rings. The number of rotatable bonds is 3. The van der Waals surface area contributed by atoms with Crippen molar-refractivity contribution in [3.63, 3.8) is 0 Å². The lowest BCUT2D eigenvalue weighted by Gasteiger charge is -2.42. The molecule has 1 heteroatoms. The van der Waals surface area contributed by atoms with Crippen LogP contribution < -0.4 is 0 Å². The Bertz CT molecular complexity index is 285. The van der Waals surface area contributed by atoms with Crippen LogP contribution in [0, 0.1) is 16.7 Å². The summed E-state index contributed by atoms with van der Waals surface area (Å²) < 4.78 is 0. The first-order chi connectivity index (χ1) is 8.46. The zero-order valence-corrected chi connectivity index (χ0v) is 14.8. The Morgan fingerprint density at radius 3 is 2.05 bits per heavy atom. The molecule has 19 heavy (non-hydrogen) atoms. The van der Waals surface area contributed by atoms with Crippen molar-refractivity contribution < 1.29 is 0 Å². The summed E-state index contributed by atoms with van der Waals surface area (Å²) in [5, 5.41) is 0. The second-order valence-corrected chi connectivity index (χ2v) is 9.20. The van der Waals surface area contributed by atoms with Crippen LogP contribution in [-0.2, 0) is 0 Å². The molecule has 0 amide bonds. The Balaban J connectivity index is 2.72. The maximum absolute atomic E-state index is 2.76. The molecule has 1 aliphatic heterocycles. The predicted octanol–water partition coefficient (Wildman–Crippen LogP) is 5.35. The lowest BCUT2D eigenvalue weighted by Crippen LogP contribution is -2.47. The summed E-state index contributed by atoms with van der Waals surface area (Å²) in [6.45, 7) is 21.8. The zero-order chi connectivity index (χ0) is 14.9. The zero-order valence-electron chi connectivity index (χ0n) is 14.8. The Hall–Kier alpha value is -0.0400. The molecule has 114 valence electrons. The monoisotopic (exact) mass is 267 g/mol. The molecule has 0 aliphatic carbocycles. The fraction of sp³-hybridized carbons (Fsp3) is 1.00. The fourth-order valence-electron chi connectivity index (χ4n) is 3.89. The van der Waals surface area contributed by atoms with Gasteiger partial charge in [-0.25, -0.2) is 0 Å². The van der Waals surface area contributed by atoms with Crippen molar-refractivity contribution in [1.29, 1.82) is 0 Å². The van der Waals surface area contributed by atoms with E-state index in [1.54, 1.807) is 0 Å². The van der Waals surface area contributed by atoms with E-state index in [0.29, 0.717) is 16.4 Å². The van der Waals surface area contributed by atoms with Gasteiger partial charge in [-0.15, -0.1) is 0 Å². The molecular weight excluding hydrogens is 230 g/mol. The molecule has 0 bridgehead atoms. The maximum atomic E-state index is 2.76. The van der Waals surface area contributed by atoms with E-state index in [1.165, 1.54) is 38.8 Å². The highest BCUT2D eigenvalue weighted by Gasteiger charge is 2.36. The summed E-state index contributed by atoms with van der Waals surface area (Å²) in [5.74, 6) is 0.804. The predicted molar refractivity (Wildman–Crippen MR) is 86.5 cm³/mol. The smallest absolute Gasteiger partial charge is 0.0158 e. The van der Waals surface area contributed by atoms with E-state index in [2.05, 4.69) is 60.3 Å². The van der Waals surface area contributed by atoms with Crippen LogP contribution in [0.15, 0.2) is 0 Å². The molecule has 0 spiro atoms. The maximum Gasteiger partial charge on any atom is 0.0158 e. The van der Waals surface area contributed by atoms with Crippen LogP contribution in [0.2, 0.25) is 0 Å². The average molecular weight is 268 g/mol. The van der Waals surface area contributed by atoms with Gasteiger partial charge in [-0.05, 0) is 69.4 Å². The Morgan fingerprint density at radius 1 is 1.00 bits per heavy atom. The molecule has 1 nitrogen and oxygen atoms in total. The highest BCUT2D eigenvalue weighted by molar-refractivity contribution is 4.90. The lowest BCUT2D eigenvalue weighted by molar-refractivity contribution is 0.0741. The van der Waals surface area contributed by atoms with Gasteiger partial charge < -0.3 is 0 Å². The third-order valence-corrected chi connectivity index (χ3v) is 5.34. The Kier molecular flexibility index (Phi) is 5.15. The molecule has 0 radical (unpaired) electrons. The van der Waals surface area contributed by atoms with Gasteiger partial charge in [-0.2, -0.15) is 0 Å². The SMILES string of the molecule is CC(C)C1(C)CCCN(C(C)(C)CC(C)(C)C)CC1. The van der Waals surface area contributed by atoms with Crippen LogP contribution in [0.5, 0.6) is 0 Å². The van der Waals surface area contributed by atoms with Gasteiger partial charge in [0.2, 0.25) is 0 Å². The summed E-state index contributed by atoms with van der Waals surface area (Å²) in [6, 6.07) is 0. The van der Waals surface area contributed by atoms with E-state index >= 15 is 0 Å². The Labute approximate surface area is 122 Å². The second-order valence-electron chi connectivity index (χ2n) is 9.20. The molecule has 0 aromatic heterocycles. The van der Waals surface area contributed by atoms with E-state index in [-0.39, 0.29) is 0 Å². The molecule has 0 N–H and O–H groups in total. The minimum absolute atomic E-state index is 0.334. The van der Waals surface area contributed by atoms with Gasteiger partial charge in [0.05, 0.1) is 0 Å². The van der Waals surface area contributed by atoms with Crippen LogP contribution in [-0.4, -0.2) is 23.5 Å². The van der Waals surface area contributed by atoms with Gasteiger partial charge in [0.15, 0.2) is 0 Å². The molecule has 1 atom stereocenters. The van der Waals surface area contributed by atoms with Crippen molar-refractivity contribution in [3.05, 3.63) is 0 Å². The topological polar surface area (TPSA) is 3.24 Å². The number of hydrogen-bond acceptors (Lipinski definition) is 1. The van der Waals surface area contributed by atoms with Gasteiger partial charge in [0.25, 0.3) is 0 Å². The first-order valence-electron chi connectivity index (χ1n) is 8.21. The van der Waals surface area contributed by atoms with Crippen molar-refractivity contribution in [1.82, 2.24) is 4.90 Å². The molecule has 1 unspecified atom stereocenters. The standard InChI is InChI=1S/C18H37N/c1-15(2)18(8)10-9-12-19(13-11-18)17(6,7)14-16(3,4)5/h15H,9-14H2,1-8H3. The highest BCUT2D eigenvalue weighted by Crippen LogP contribution is 2.40. The summed E-state index contributed by atoms with van der Waals surface area (Å²) in [4.78, 5) is 2.76. The molecule has 1 heterocycles. The summed E-state index contributed by atoms with van der Waals surface area (Å²) >= 11 is 0. The van der Waals surface area contributed by atoms with Gasteiger partial charge >= 0.3 is 0 Å². The molecular formula is C18H37N. The van der Waals surface area contributed by atoms with E-state index in [0.717, 1.165) is 5.92 Å². The van der Waals surface area contributed by atoms with E-state index in [4.69, 9.17) is 0 Å². The van der Waals surface area contributed by atoms with Crippen LogP contribution >= 0.6 is 0 Å². The second kappa shape index (κ2) is 5.76. The van der Waals surface area contributed by atoms with Crippen molar-refractivity contribution in [2.75, 3.05) is 13.1 Å². The molecule has 1 saturated heterocycles. The largest absolute Gasteiger partial charge is 0.298 e. The number of nitrogens with zero attached hydrogens (tertiary/aromatic N) is 1. The Morgan fingerprint density at radius 2 is 1.58 bits per heavy atom. The van der Waals surface area contributed by atoms with Crippen LogP contribution in [0.1, 0.15) is 81.1 Å². The molecule has 1 fully saturated rings. The van der Waals surface area contributed by atoms with E-state index in [9.17, 15) is 0 Å². The van der Waals surface area contributed by atoms with Gasteiger partial charge in [0, 0.05) is 5.54 Å². The van der Waals surface area contributed by atoms with Crippen molar-refractivity contribution in [2.45, 2.75) is 86.6 Å². The molecule has 1 rings (SSSR count). The fourth-order valence-corrected chi connectivity index (χ4v) is 3.89. The van der Waals surface area contributed by atoms with E-state index in [1.807, 2.05) is 0 Å². The minimum Gasteiger partial charge on any atom is -0.298 e. The third-order valence-electron chi connectivity index (χ3n) is 5.34. The van der Waals surface area contributed by atoms with Crippen molar-refractivity contribution >= 4 is 0 Å². The van der Waals surface area contributed by atoms with Gasteiger partial charge in [-0.1, -0.05) is 41.5 Å². The van der Waals surface area contributed by atoms with Crippen LogP contribution in [0.3, 0.4) is 0 Å². The quantitative estimate of drug-likeness (QED) is 0.666. The summed E-state index contributed by atoms with van der Waals surface area (Å²) in [6.07, 6.45) is 5.39. The van der Waals surface area contributed by atoms with Crippen LogP contribution in [0.4, 0.5) is 0 Å². The summed E-state index contributed by atoms with van der Waals surface area (Å²) in [7, 11) is 0. The molecule has 0 saturated carbocycles. The highest BCUT2D eigenvalue weighted by atomic mass is 15.2. The lowest BCUT2D eigenvalue weighted by atomic mass is 9.73. The normalized spacial score (nSPS) is 27.6. The van der Waals surface area contributed by atoms with Gasteiger partial charge in [0.1, 0.15) is 0 Å². The first kappa shape index (κ1) is 17.0. The summed E-state index contributed by atoms with van der Waals surface area (Å²) in [5.41, 5.74) is 1.30. The van der Waals surface area contributed by atoms with Crippen molar-refractivity contribution in [2.24, 2.45) is 16.7 Å². The first-order valence-corrected chi connectivity index (χ1v) is 8.21. The molecule has 1 aliphatic rings. The number of likely N-dealkylation sites (tertiary alicyclic amines) is 1. The minimum atomic E-state index is 0.334. The average Bonchev–Trinajstić information content (AvgIpc) is 2.37. The van der Waals surface area contributed by atoms with Gasteiger partial charge in [-0.3, -0.25) is 4.90 Å². The number of hydrogen-bond donors (Lipinski definition) is 0. The molecule has 0 aromatic carbocycles. The third kappa shape index (κ3) is 4.77. The van der Waals surface area contributed by atoms with Crippen LogP contribution in [0.25, 0.3) is 0 Å². The van der Waals surface area contributed by atoms with E-state index < -0.39 is 0 Å².